The second-order valence-electron chi connectivity index (χ2n) is 3.23. The molecule has 0 radical (unpaired) electrons. The maximum absolute atomic E-state index is 10.1. The van der Waals surface area contributed by atoms with Gasteiger partial charge in [-0.2, -0.15) is 0 Å². The Labute approximate surface area is 103 Å². The molecular weight excluding hydrogens is 240 g/mol. The SMILES string of the molecule is Cc1ccsc1C=O.Cc1csc(C=O)c1. The quantitative estimate of drug-likeness (QED) is 0.763. The maximum atomic E-state index is 10.1. The average Bonchev–Trinajstić information content (AvgIpc) is 2.87. The fourth-order valence-electron chi connectivity index (χ4n) is 1.02. The van der Waals surface area contributed by atoms with Crippen LogP contribution in [0.5, 0.6) is 0 Å². The first kappa shape index (κ1) is 12.8. The summed E-state index contributed by atoms with van der Waals surface area (Å²) in [5.74, 6) is 0. The molecule has 0 aromatic carbocycles. The van der Waals surface area contributed by atoms with Gasteiger partial charge in [0, 0.05) is 0 Å². The van der Waals surface area contributed by atoms with Gasteiger partial charge in [-0.3, -0.25) is 9.59 Å². The number of thiophene rings is 2. The molecule has 16 heavy (non-hydrogen) atoms. The van der Waals surface area contributed by atoms with Crippen molar-refractivity contribution in [1.29, 1.82) is 0 Å². The lowest BCUT2D eigenvalue weighted by Crippen LogP contribution is -1.72. The van der Waals surface area contributed by atoms with Crippen molar-refractivity contribution < 1.29 is 9.59 Å². The van der Waals surface area contributed by atoms with Gasteiger partial charge in [-0.1, -0.05) is 0 Å². The second kappa shape index (κ2) is 6.35. The number of aldehydes is 2. The van der Waals surface area contributed by atoms with E-state index in [0.717, 1.165) is 33.5 Å². The van der Waals surface area contributed by atoms with Gasteiger partial charge in [0.15, 0.2) is 12.6 Å². The van der Waals surface area contributed by atoms with Crippen LogP contribution in [-0.2, 0) is 0 Å². The van der Waals surface area contributed by atoms with Crippen LogP contribution in [0.2, 0.25) is 0 Å². The molecule has 0 unspecified atom stereocenters. The lowest BCUT2D eigenvalue weighted by molar-refractivity contribution is 0.111. The van der Waals surface area contributed by atoms with Gasteiger partial charge in [-0.05, 0) is 47.9 Å². The van der Waals surface area contributed by atoms with E-state index >= 15 is 0 Å². The van der Waals surface area contributed by atoms with Crippen LogP contribution in [0.15, 0.2) is 22.9 Å². The molecule has 4 heteroatoms. The highest BCUT2D eigenvalue weighted by Crippen LogP contribution is 2.11. The van der Waals surface area contributed by atoms with E-state index in [9.17, 15) is 9.59 Å². The molecule has 0 spiro atoms. The third kappa shape index (κ3) is 3.72. The summed E-state index contributed by atoms with van der Waals surface area (Å²) < 4.78 is 0. The van der Waals surface area contributed by atoms with Crippen molar-refractivity contribution in [1.82, 2.24) is 0 Å². The van der Waals surface area contributed by atoms with Crippen LogP contribution in [0, 0.1) is 13.8 Å². The molecule has 2 nitrogen and oxygen atoms in total. The Hall–Kier alpha value is -1.26. The molecule has 0 saturated heterocycles. The Kier molecular flexibility index (Phi) is 5.08. The molecule has 0 fully saturated rings. The zero-order valence-corrected chi connectivity index (χ0v) is 10.7. The summed E-state index contributed by atoms with van der Waals surface area (Å²) in [5.41, 5.74) is 2.24. The summed E-state index contributed by atoms with van der Waals surface area (Å²) in [5, 5.41) is 3.88. The Morgan fingerprint density at radius 1 is 1.12 bits per heavy atom. The zero-order valence-electron chi connectivity index (χ0n) is 9.10. The number of aryl methyl sites for hydroxylation is 2. The van der Waals surface area contributed by atoms with E-state index in [1.807, 2.05) is 36.7 Å². The summed E-state index contributed by atoms with van der Waals surface area (Å²) in [7, 11) is 0. The monoisotopic (exact) mass is 252 g/mol. The van der Waals surface area contributed by atoms with Crippen LogP contribution in [0.1, 0.15) is 30.5 Å². The first-order valence-electron chi connectivity index (χ1n) is 4.67. The number of hydrogen-bond donors (Lipinski definition) is 0. The van der Waals surface area contributed by atoms with Gasteiger partial charge >= 0.3 is 0 Å². The Balaban J connectivity index is 0.000000160. The Morgan fingerprint density at radius 2 is 1.88 bits per heavy atom. The summed E-state index contributed by atoms with van der Waals surface area (Å²) in [6, 6.07) is 3.81. The molecule has 2 aromatic rings. The van der Waals surface area contributed by atoms with Gasteiger partial charge in [-0.15, -0.1) is 22.7 Å². The maximum Gasteiger partial charge on any atom is 0.160 e. The molecule has 2 aromatic heterocycles. The first-order valence-corrected chi connectivity index (χ1v) is 6.43. The van der Waals surface area contributed by atoms with Crippen molar-refractivity contribution in [3.63, 3.8) is 0 Å². The third-order valence-corrected chi connectivity index (χ3v) is 3.80. The van der Waals surface area contributed by atoms with E-state index in [4.69, 9.17) is 0 Å². The summed E-state index contributed by atoms with van der Waals surface area (Å²) in [6.45, 7) is 3.91. The van der Waals surface area contributed by atoms with E-state index in [-0.39, 0.29) is 0 Å². The summed E-state index contributed by atoms with van der Waals surface area (Å²) >= 11 is 2.96. The molecule has 0 aliphatic heterocycles. The van der Waals surface area contributed by atoms with Gasteiger partial charge in [-0.25, -0.2) is 0 Å². The molecule has 0 saturated carbocycles. The van der Waals surface area contributed by atoms with E-state index in [2.05, 4.69) is 0 Å². The molecular formula is C12H12O2S2. The number of carbonyl (C=O) groups excluding carboxylic acids is 2. The number of rotatable bonds is 2. The predicted molar refractivity (Wildman–Crippen MR) is 68.9 cm³/mol. The summed E-state index contributed by atoms with van der Waals surface area (Å²) in [4.78, 5) is 21.8. The fourth-order valence-corrected chi connectivity index (χ4v) is 2.45. The van der Waals surface area contributed by atoms with Crippen molar-refractivity contribution >= 4 is 35.2 Å². The molecule has 0 bridgehead atoms. The van der Waals surface area contributed by atoms with Gasteiger partial charge in [0.05, 0.1) is 9.75 Å². The standard InChI is InChI=1S/2C6H6OS/c1-5-2-6(3-7)8-4-5;1-5-2-3-8-6(5)4-7/h2*2-4H,1H3. The van der Waals surface area contributed by atoms with Crippen molar-refractivity contribution in [3.8, 4) is 0 Å². The molecule has 0 atom stereocenters. The fraction of sp³-hybridized carbons (Fsp3) is 0.167. The molecule has 0 amide bonds. The molecule has 0 aliphatic carbocycles. The second-order valence-corrected chi connectivity index (χ2v) is 5.12. The highest BCUT2D eigenvalue weighted by atomic mass is 32.1. The van der Waals surface area contributed by atoms with Gasteiger partial charge in [0.1, 0.15) is 0 Å². The number of carbonyl (C=O) groups is 2. The van der Waals surface area contributed by atoms with Crippen molar-refractivity contribution in [2.75, 3.05) is 0 Å². The van der Waals surface area contributed by atoms with Gasteiger partial charge in [0.25, 0.3) is 0 Å². The van der Waals surface area contributed by atoms with E-state index in [1.54, 1.807) is 0 Å². The van der Waals surface area contributed by atoms with E-state index < -0.39 is 0 Å². The van der Waals surface area contributed by atoms with Gasteiger partial charge in [0.2, 0.25) is 0 Å². The zero-order chi connectivity index (χ0) is 12.0. The van der Waals surface area contributed by atoms with Crippen LogP contribution < -0.4 is 0 Å². The van der Waals surface area contributed by atoms with Crippen LogP contribution in [0.3, 0.4) is 0 Å². The molecule has 0 aliphatic rings. The predicted octanol–water partition coefficient (Wildman–Crippen LogP) is 3.74. The molecule has 2 heterocycles. The minimum atomic E-state index is 0.808. The summed E-state index contributed by atoms with van der Waals surface area (Å²) in [6.07, 6.45) is 1.76. The minimum Gasteiger partial charge on any atom is -0.297 e. The van der Waals surface area contributed by atoms with Crippen LogP contribution in [-0.4, -0.2) is 12.6 Å². The van der Waals surface area contributed by atoms with Crippen molar-refractivity contribution in [2.24, 2.45) is 0 Å². The average molecular weight is 252 g/mol. The lowest BCUT2D eigenvalue weighted by Gasteiger charge is -1.79. The normalized spacial score (nSPS) is 9.12. The van der Waals surface area contributed by atoms with Crippen LogP contribution in [0.25, 0.3) is 0 Å². The third-order valence-electron chi connectivity index (χ3n) is 1.88. The lowest BCUT2D eigenvalue weighted by atomic mass is 10.3. The molecule has 2 rings (SSSR count). The first-order chi connectivity index (χ1) is 7.67. The largest absolute Gasteiger partial charge is 0.297 e. The number of hydrogen-bond acceptors (Lipinski definition) is 4. The van der Waals surface area contributed by atoms with Gasteiger partial charge < -0.3 is 0 Å². The van der Waals surface area contributed by atoms with E-state index in [0.29, 0.717) is 0 Å². The Morgan fingerprint density at radius 3 is 2.12 bits per heavy atom. The highest BCUT2D eigenvalue weighted by Gasteiger charge is 1.93. The van der Waals surface area contributed by atoms with Crippen molar-refractivity contribution in [3.05, 3.63) is 43.8 Å². The Bertz CT molecular complexity index is 469. The molecule has 84 valence electrons. The van der Waals surface area contributed by atoms with Crippen molar-refractivity contribution in [2.45, 2.75) is 13.8 Å². The topological polar surface area (TPSA) is 34.1 Å². The highest BCUT2D eigenvalue weighted by molar-refractivity contribution is 7.12. The van der Waals surface area contributed by atoms with Crippen LogP contribution >= 0.6 is 22.7 Å². The smallest absolute Gasteiger partial charge is 0.160 e. The van der Waals surface area contributed by atoms with E-state index in [1.165, 1.54) is 22.7 Å². The minimum absolute atomic E-state index is 0.808. The van der Waals surface area contributed by atoms with Crippen LogP contribution in [0.4, 0.5) is 0 Å². The molecule has 0 N–H and O–H groups in total.